The van der Waals surface area contributed by atoms with Crippen LogP contribution in [0.1, 0.15) is 5.56 Å². The number of allylic oxidation sites excluding steroid dienone is 1. The number of aliphatic imine (C=N–C) groups is 1. The van der Waals surface area contributed by atoms with E-state index in [1.165, 1.54) is 0 Å². The fraction of sp³-hybridized carbons (Fsp3) is 0.182. The Bertz CT molecular complexity index is 470. The lowest BCUT2D eigenvalue weighted by Crippen LogP contribution is -2.31. The zero-order valence-corrected chi connectivity index (χ0v) is 11.6. The number of benzene rings is 1. The molecule has 0 radical (unpaired) electrons. The Morgan fingerprint density at radius 1 is 1.18 bits per heavy atom. The van der Waals surface area contributed by atoms with Crippen molar-refractivity contribution in [2.75, 3.05) is 6.00 Å². The van der Waals surface area contributed by atoms with Gasteiger partial charge in [-0.25, -0.2) is 4.99 Å². The van der Waals surface area contributed by atoms with Gasteiger partial charge in [0.15, 0.2) is 0 Å². The largest absolute Gasteiger partial charge is 0.313 e. The van der Waals surface area contributed by atoms with Gasteiger partial charge in [0.2, 0.25) is 5.62 Å². The third-order valence-corrected chi connectivity index (χ3v) is 3.62. The van der Waals surface area contributed by atoms with Crippen molar-refractivity contribution in [3.05, 3.63) is 41.1 Å². The summed E-state index contributed by atoms with van der Waals surface area (Å²) in [7, 11) is 0. The summed E-state index contributed by atoms with van der Waals surface area (Å²) < 4.78 is 0. The van der Waals surface area contributed by atoms with Crippen LogP contribution in [-0.4, -0.2) is 21.7 Å². The number of rotatable bonds is 2. The van der Waals surface area contributed by atoms with Gasteiger partial charge >= 0.3 is 0 Å². The topological polar surface area (TPSA) is 15.6 Å². The van der Waals surface area contributed by atoms with E-state index in [1.807, 2.05) is 30.3 Å². The highest BCUT2D eigenvalue weighted by atomic mass is 35.5. The Balaban J connectivity index is 2.51. The van der Waals surface area contributed by atoms with Gasteiger partial charge in [-0.05, 0) is 5.56 Å². The molecule has 1 aromatic rings. The van der Waals surface area contributed by atoms with Crippen molar-refractivity contribution in [2.45, 2.75) is 5.62 Å². The molecule has 1 aliphatic rings. The Hall–Kier alpha value is -0.410. The first-order valence-electron chi connectivity index (χ1n) is 4.80. The maximum Gasteiger partial charge on any atom is 0.201 e. The van der Waals surface area contributed by atoms with E-state index in [9.17, 15) is 0 Å². The molecule has 1 aliphatic heterocycles. The molecule has 1 heterocycles. The zero-order chi connectivity index (χ0) is 12.4. The first-order chi connectivity index (χ1) is 8.15. The SMILES string of the molecule is ClCN1C(Cl)=C(c2ccccc2)C(Cl)=NC1Cl. The fourth-order valence-corrected chi connectivity index (χ4v) is 2.94. The maximum atomic E-state index is 6.24. The van der Waals surface area contributed by atoms with Crippen molar-refractivity contribution in [1.82, 2.24) is 4.90 Å². The van der Waals surface area contributed by atoms with E-state index in [1.54, 1.807) is 4.90 Å². The molecule has 17 heavy (non-hydrogen) atoms. The molecule has 0 saturated heterocycles. The monoisotopic (exact) mass is 308 g/mol. The molecule has 1 unspecified atom stereocenters. The summed E-state index contributed by atoms with van der Waals surface area (Å²) in [5.74, 6) is 0. The minimum Gasteiger partial charge on any atom is -0.313 e. The molecule has 0 bridgehead atoms. The molecule has 0 N–H and O–H groups in total. The van der Waals surface area contributed by atoms with Gasteiger partial charge in [0.1, 0.15) is 10.3 Å². The smallest absolute Gasteiger partial charge is 0.201 e. The van der Waals surface area contributed by atoms with E-state index in [0.717, 1.165) is 5.56 Å². The van der Waals surface area contributed by atoms with Gasteiger partial charge in [0.25, 0.3) is 0 Å². The van der Waals surface area contributed by atoms with E-state index < -0.39 is 5.62 Å². The second-order valence-corrected chi connectivity index (χ2v) is 4.70. The Kier molecular flexibility index (Phi) is 4.21. The van der Waals surface area contributed by atoms with Gasteiger partial charge in [0, 0.05) is 0 Å². The molecule has 1 aromatic carbocycles. The summed E-state index contributed by atoms with van der Waals surface area (Å²) in [4.78, 5) is 5.64. The van der Waals surface area contributed by atoms with Crippen LogP contribution in [0, 0.1) is 0 Å². The highest BCUT2D eigenvalue weighted by Gasteiger charge is 2.27. The van der Waals surface area contributed by atoms with Gasteiger partial charge in [-0.2, -0.15) is 0 Å². The van der Waals surface area contributed by atoms with Gasteiger partial charge in [-0.15, -0.1) is 11.6 Å². The molecular formula is C11H8Cl4N2. The van der Waals surface area contributed by atoms with E-state index >= 15 is 0 Å². The van der Waals surface area contributed by atoms with Crippen molar-refractivity contribution in [2.24, 2.45) is 4.99 Å². The van der Waals surface area contributed by atoms with Crippen LogP contribution < -0.4 is 0 Å². The number of hydrogen-bond donors (Lipinski definition) is 0. The summed E-state index contributed by atoms with van der Waals surface area (Å²) in [5, 5.41) is 0.703. The molecule has 1 atom stereocenters. The first kappa shape index (κ1) is 13.0. The second-order valence-electron chi connectivity index (χ2n) is 3.35. The highest BCUT2D eigenvalue weighted by molar-refractivity contribution is 6.77. The van der Waals surface area contributed by atoms with Crippen LogP contribution >= 0.6 is 46.4 Å². The number of halogens is 4. The summed E-state index contributed by atoms with van der Waals surface area (Å²) in [6, 6.07) is 9.66. The summed E-state index contributed by atoms with van der Waals surface area (Å²) in [6.07, 6.45) is 0. The first-order valence-corrected chi connectivity index (χ1v) is 6.53. The molecule has 2 rings (SSSR count). The van der Waals surface area contributed by atoms with Gasteiger partial charge < -0.3 is 4.90 Å². The second kappa shape index (κ2) is 5.49. The van der Waals surface area contributed by atoms with Gasteiger partial charge in [-0.1, -0.05) is 65.1 Å². The third kappa shape index (κ3) is 2.55. The number of hydrogen-bond acceptors (Lipinski definition) is 2. The molecule has 0 spiro atoms. The van der Waals surface area contributed by atoms with Crippen LogP contribution in [0.2, 0.25) is 0 Å². The quantitative estimate of drug-likeness (QED) is 0.588. The Morgan fingerprint density at radius 3 is 2.41 bits per heavy atom. The minimum absolute atomic E-state index is 0.150. The zero-order valence-electron chi connectivity index (χ0n) is 8.58. The lowest BCUT2D eigenvalue weighted by molar-refractivity contribution is 0.398. The van der Waals surface area contributed by atoms with E-state index in [0.29, 0.717) is 15.9 Å². The van der Waals surface area contributed by atoms with Crippen molar-refractivity contribution in [1.29, 1.82) is 0 Å². The standard InChI is InChI=1S/C11H8Cl4N2/c12-6-17-10(14)8(9(13)16-11(17)15)7-4-2-1-3-5-7/h1-5,11H,6H2. The summed E-state index contributed by atoms with van der Waals surface area (Å²) in [5.41, 5.74) is 0.858. The van der Waals surface area contributed by atoms with Crippen LogP contribution in [-0.2, 0) is 0 Å². The molecule has 0 aliphatic carbocycles. The molecule has 0 saturated carbocycles. The number of alkyl halides is 2. The average Bonchev–Trinajstić information content (AvgIpc) is 2.30. The fourth-order valence-electron chi connectivity index (χ4n) is 1.50. The molecule has 0 aromatic heterocycles. The van der Waals surface area contributed by atoms with Crippen molar-refractivity contribution >= 4 is 57.1 Å². The summed E-state index contributed by atoms with van der Waals surface area (Å²) >= 11 is 24.1. The van der Waals surface area contributed by atoms with Crippen molar-refractivity contribution < 1.29 is 0 Å². The van der Waals surface area contributed by atoms with Crippen LogP contribution in [0.25, 0.3) is 5.57 Å². The van der Waals surface area contributed by atoms with Gasteiger partial charge in [-0.3, -0.25) is 0 Å². The van der Waals surface area contributed by atoms with E-state index in [2.05, 4.69) is 4.99 Å². The Morgan fingerprint density at radius 2 is 1.82 bits per heavy atom. The maximum absolute atomic E-state index is 6.24. The van der Waals surface area contributed by atoms with Crippen molar-refractivity contribution in [3.8, 4) is 0 Å². The van der Waals surface area contributed by atoms with Crippen molar-refractivity contribution in [3.63, 3.8) is 0 Å². The third-order valence-electron chi connectivity index (χ3n) is 2.33. The molecular weight excluding hydrogens is 302 g/mol. The van der Waals surface area contributed by atoms with Crippen LogP contribution in [0.4, 0.5) is 0 Å². The van der Waals surface area contributed by atoms with E-state index in [-0.39, 0.29) is 6.00 Å². The van der Waals surface area contributed by atoms with Crippen LogP contribution in [0.15, 0.2) is 40.5 Å². The van der Waals surface area contributed by atoms with Gasteiger partial charge in [0.05, 0.1) is 11.6 Å². The minimum atomic E-state index is -0.667. The van der Waals surface area contributed by atoms with Crippen LogP contribution in [0.5, 0.6) is 0 Å². The number of nitrogens with zero attached hydrogens (tertiary/aromatic N) is 2. The lowest BCUT2D eigenvalue weighted by Gasteiger charge is -2.29. The molecule has 2 nitrogen and oxygen atoms in total. The lowest BCUT2D eigenvalue weighted by atomic mass is 10.1. The Labute approximate surface area is 119 Å². The van der Waals surface area contributed by atoms with E-state index in [4.69, 9.17) is 46.4 Å². The normalized spacial score (nSPS) is 20.6. The highest BCUT2D eigenvalue weighted by Crippen LogP contribution is 2.34. The molecule has 0 fully saturated rings. The molecule has 90 valence electrons. The van der Waals surface area contributed by atoms with Crippen LogP contribution in [0.3, 0.4) is 0 Å². The molecule has 6 heteroatoms. The average molecular weight is 310 g/mol. The summed E-state index contributed by atoms with van der Waals surface area (Å²) in [6.45, 7) is 0. The predicted molar refractivity (Wildman–Crippen MR) is 74.7 cm³/mol. The predicted octanol–water partition coefficient (Wildman–Crippen LogP) is 4.27. The molecule has 0 amide bonds.